The van der Waals surface area contributed by atoms with Crippen molar-refractivity contribution in [3.8, 4) is 5.75 Å². The zero-order chi connectivity index (χ0) is 27.5. The van der Waals surface area contributed by atoms with Gasteiger partial charge in [0, 0.05) is 30.5 Å². The van der Waals surface area contributed by atoms with Crippen LogP contribution in [-0.4, -0.2) is 35.4 Å². The molecule has 0 spiro atoms. The fourth-order valence-corrected chi connectivity index (χ4v) is 4.36. The summed E-state index contributed by atoms with van der Waals surface area (Å²) in [5.41, 5.74) is 1.76. The number of carbonyl (C=O) groups is 2. The molecule has 3 aromatic rings. The van der Waals surface area contributed by atoms with E-state index in [1.54, 1.807) is 41.3 Å². The van der Waals surface area contributed by atoms with Crippen molar-refractivity contribution in [2.24, 2.45) is 0 Å². The van der Waals surface area contributed by atoms with E-state index in [-0.39, 0.29) is 30.8 Å². The molecule has 0 radical (unpaired) electrons. The average molecular weight is 576 g/mol. The summed E-state index contributed by atoms with van der Waals surface area (Å²) in [6.45, 7) is 4.54. The molecule has 3 rings (SSSR count). The van der Waals surface area contributed by atoms with E-state index in [0.29, 0.717) is 40.3 Å². The molecule has 5 nitrogen and oxygen atoms in total. The molecule has 0 aliphatic rings. The minimum absolute atomic E-state index is 0.0181. The third-order valence-electron chi connectivity index (χ3n) is 6.23. The molecular formula is C30H33Cl3N2O3. The number of rotatable bonds is 13. The molecule has 1 N–H and O–H groups in total. The predicted molar refractivity (Wildman–Crippen MR) is 155 cm³/mol. The van der Waals surface area contributed by atoms with E-state index < -0.39 is 6.04 Å². The molecule has 3 aromatic carbocycles. The van der Waals surface area contributed by atoms with Gasteiger partial charge >= 0.3 is 0 Å². The van der Waals surface area contributed by atoms with E-state index in [0.717, 1.165) is 17.5 Å². The van der Waals surface area contributed by atoms with E-state index in [4.69, 9.17) is 39.5 Å². The van der Waals surface area contributed by atoms with Crippen molar-refractivity contribution in [2.75, 3.05) is 6.61 Å². The number of ether oxygens (including phenoxy) is 1. The molecule has 0 saturated heterocycles. The molecule has 0 aliphatic carbocycles. The van der Waals surface area contributed by atoms with Crippen LogP contribution in [-0.2, 0) is 22.6 Å². The van der Waals surface area contributed by atoms with Gasteiger partial charge in [-0.1, -0.05) is 78.1 Å². The Hall–Kier alpha value is -2.73. The molecule has 2 amide bonds. The molecule has 0 heterocycles. The van der Waals surface area contributed by atoms with Crippen molar-refractivity contribution in [2.45, 2.75) is 58.2 Å². The van der Waals surface area contributed by atoms with Gasteiger partial charge in [0.25, 0.3) is 0 Å². The van der Waals surface area contributed by atoms with E-state index in [1.165, 1.54) is 0 Å². The predicted octanol–water partition coefficient (Wildman–Crippen LogP) is 7.36. The normalized spacial score (nSPS) is 12.4. The fourth-order valence-electron chi connectivity index (χ4n) is 3.92. The van der Waals surface area contributed by atoms with E-state index in [2.05, 4.69) is 5.32 Å². The van der Waals surface area contributed by atoms with Gasteiger partial charge in [0.15, 0.2) is 0 Å². The maximum Gasteiger partial charge on any atom is 0.243 e. The van der Waals surface area contributed by atoms with Gasteiger partial charge in [0.1, 0.15) is 11.8 Å². The first-order valence-corrected chi connectivity index (χ1v) is 13.9. The van der Waals surface area contributed by atoms with Crippen LogP contribution in [0.2, 0.25) is 15.1 Å². The van der Waals surface area contributed by atoms with Gasteiger partial charge in [0.2, 0.25) is 11.8 Å². The summed E-state index contributed by atoms with van der Waals surface area (Å²) in [7, 11) is 0. The summed E-state index contributed by atoms with van der Waals surface area (Å²) in [4.78, 5) is 28.8. The Labute approximate surface area is 240 Å². The SMILES string of the molecule is CCC(C)NC(=O)C(Cc1ccccc1)N(Cc1ccc(Cl)c(Cl)c1)C(=O)CCCOc1ccc(Cl)cc1. The van der Waals surface area contributed by atoms with Gasteiger partial charge in [-0.2, -0.15) is 0 Å². The van der Waals surface area contributed by atoms with Crippen LogP contribution in [0.1, 0.15) is 44.2 Å². The minimum atomic E-state index is -0.703. The van der Waals surface area contributed by atoms with Crippen LogP contribution in [0.25, 0.3) is 0 Å². The zero-order valence-corrected chi connectivity index (χ0v) is 23.9. The largest absolute Gasteiger partial charge is 0.494 e. The lowest BCUT2D eigenvalue weighted by atomic mass is 10.0. The van der Waals surface area contributed by atoms with Gasteiger partial charge in [-0.05, 0) is 67.3 Å². The third kappa shape index (κ3) is 9.23. The topological polar surface area (TPSA) is 58.6 Å². The fraction of sp³-hybridized carbons (Fsp3) is 0.333. The highest BCUT2D eigenvalue weighted by Crippen LogP contribution is 2.25. The molecule has 0 aliphatic heterocycles. The lowest BCUT2D eigenvalue weighted by Gasteiger charge is -2.32. The number of nitrogens with zero attached hydrogens (tertiary/aromatic N) is 1. The number of carbonyl (C=O) groups excluding carboxylic acids is 2. The molecule has 2 unspecified atom stereocenters. The Balaban J connectivity index is 1.82. The van der Waals surface area contributed by atoms with E-state index in [1.807, 2.05) is 50.2 Å². The van der Waals surface area contributed by atoms with Crippen molar-refractivity contribution >= 4 is 46.6 Å². The Bertz CT molecular complexity index is 1190. The van der Waals surface area contributed by atoms with Gasteiger partial charge in [0.05, 0.1) is 16.7 Å². The highest BCUT2D eigenvalue weighted by molar-refractivity contribution is 6.42. The highest BCUT2D eigenvalue weighted by atomic mass is 35.5. The van der Waals surface area contributed by atoms with Crippen LogP contribution < -0.4 is 10.1 Å². The van der Waals surface area contributed by atoms with Crippen LogP contribution in [0.15, 0.2) is 72.8 Å². The van der Waals surface area contributed by atoms with Crippen LogP contribution in [0.4, 0.5) is 0 Å². The van der Waals surface area contributed by atoms with E-state index in [9.17, 15) is 9.59 Å². The number of hydrogen-bond donors (Lipinski definition) is 1. The molecule has 202 valence electrons. The number of halogens is 3. The third-order valence-corrected chi connectivity index (χ3v) is 7.22. The summed E-state index contributed by atoms with van der Waals surface area (Å²) in [5.74, 6) is 0.356. The lowest BCUT2D eigenvalue weighted by Crippen LogP contribution is -2.52. The molecule has 38 heavy (non-hydrogen) atoms. The zero-order valence-electron chi connectivity index (χ0n) is 21.6. The van der Waals surface area contributed by atoms with Gasteiger partial charge in [-0.15, -0.1) is 0 Å². The number of amides is 2. The molecule has 0 aromatic heterocycles. The Morgan fingerprint density at radius 2 is 1.63 bits per heavy atom. The molecular weight excluding hydrogens is 543 g/mol. The molecule has 0 bridgehead atoms. The van der Waals surface area contributed by atoms with Gasteiger partial charge in [-0.25, -0.2) is 0 Å². The van der Waals surface area contributed by atoms with Crippen molar-refractivity contribution in [1.82, 2.24) is 10.2 Å². The monoisotopic (exact) mass is 574 g/mol. The summed E-state index contributed by atoms with van der Waals surface area (Å²) >= 11 is 18.3. The molecule has 2 atom stereocenters. The van der Waals surface area contributed by atoms with Gasteiger partial charge < -0.3 is 15.0 Å². The van der Waals surface area contributed by atoms with Gasteiger partial charge in [-0.3, -0.25) is 9.59 Å². The second kappa shape index (κ2) is 15.0. The Morgan fingerprint density at radius 1 is 0.921 bits per heavy atom. The van der Waals surface area contributed by atoms with Crippen LogP contribution >= 0.6 is 34.8 Å². The average Bonchev–Trinajstić information content (AvgIpc) is 2.91. The number of benzene rings is 3. The lowest BCUT2D eigenvalue weighted by molar-refractivity contribution is -0.141. The maximum atomic E-state index is 13.7. The number of nitrogens with one attached hydrogen (secondary N) is 1. The van der Waals surface area contributed by atoms with Crippen molar-refractivity contribution in [3.05, 3.63) is 99.0 Å². The Morgan fingerprint density at radius 3 is 2.29 bits per heavy atom. The van der Waals surface area contributed by atoms with Crippen molar-refractivity contribution < 1.29 is 14.3 Å². The minimum Gasteiger partial charge on any atom is -0.494 e. The summed E-state index contributed by atoms with van der Waals surface area (Å²) < 4.78 is 5.77. The Kier molecular flexibility index (Phi) is 11.8. The first-order valence-electron chi connectivity index (χ1n) is 12.7. The maximum absolute atomic E-state index is 13.7. The van der Waals surface area contributed by atoms with Crippen molar-refractivity contribution in [3.63, 3.8) is 0 Å². The molecule has 0 saturated carbocycles. The second-order valence-corrected chi connectivity index (χ2v) is 10.5. The first kappa shape index (κ1) is 29.8. The second-order valence-electron chi connectivity index (χ2n) is 9.20. The molecule has 8 heteroatoms. The van der Waals surface area contributed by atoms with Crippen LogP contribution in [0, 0.1) is 0 Å². The van der Waals surface area contributed by atoms with E-state index >= 15 is 0 Å². The molecule has 0 fully saturated rings. The van der Waals surface area contributed by atoms with Crippen molar-refractivity contribution in [1.29, 1.82) is 0 Å². The van der Waals surface area contributed by atoms with Crippen LogP contribution in [0.5, 0.6) is 5.75 Å². The standard InChI is InChI=1S/C30H33Cl3N2O3/c1-3-21(2)34-30(37)28(19-22-8-5-4-6-9-22)35(20-23-11-16-26(32)27(33)18-23)29(36)10-7-17-38-25-14-12-24(31)13-15-25/h4-6,8-9,11-16,18,21,28H,3,7,10,17,19-20H2,1-2H3,(H,34,37). The quantitative estimate of drug-likeness (QED) is 0.217. The number of hydrogen-bond acceptors (Lipinski definition) is 3. The highest BCUT2D eigenvalue weighted by Gasteiger charge is 2.30. The summed E-state index contributed by atoms with van der Waals surface area (Å²) in [5, 5.41) is 4.53. The first-order chi connectivity index (χ1) is 18.3. The summed E-state index contributed by atoms with van der Waals surface area (Å²) in [6.07, 6.45) is 1.88. The van der Waals surface area contributed by atoms with Crippen LogP contribution in [0.3, 0.4) is 0 Å². The smallest absolute Gasteiger partial charge is 0.243 e. The summed E-state index contributed by atoms with van der Waals surface area (Å²) in [6, 6.07) is 21.3.